The molecule has 4 nitrogen and oxygen atoms in total. The highest BCUT2D eigenvalue weighted by atomic mass is 16.5. The molecular formula is C18H22N2O2. The summed E-state index contributed by atoms with van der Waals surface area (Å²) in [5.74, 6) is 1.05. The topological polar surface area (TPSA) is 34.5 Å². The number of fused-ring (bicyclic) bond motifs is 1. The predicted molar refractivity (Wildman–Crippen MR) is 85.9 cm³/mol. The van der Waals surface area contributed by atoms with Crippen molar-refractivity contribution in [3.63, 3.8) is 0 Å². The molecular weight excluding hydrogens is 276 g/mol. The summed E-state index contributed by atoms with van der Waals surface area (Å²) in [6, 6.07) is 12.1. The fraction of sp³-hybridized carbons (Fsp3) is 0.389. The van der Waals surface area contributed by atoms with Gasteiger partial charge in [-0.3, -0.25) is 4.79 Å². The second kappa shape index (κ2) is 6.26. The molecule has 1 aliphatic rings. The van der Waals surface area contributed by atoms with Gasteiger partial charge in [-0.05, 0) is 36.2 Å². The van der Waals surface area contributed by atoms with Gasteiger partial charge in [-0.1, -0.05) is 19.1 Å². The van der Waals surface area contributed by atoms with E-state index in [1.807, 2.05) is 30.0 Å². The lowest BCUT2D eigenvalue weighted by Gasteiger charge is -2.37. The fourth-order valence-electron chi connectivity index (χ4n) is 3.17. The first-order chi connectivity index (χ1) is 10.7. The number of hydrogen-bond acceptors (Lipinski definition) is 2. The first-order valence-corrected chi connectivity index (χ1v) is 7.83. The second-order valence-corrected chi connectivity index (χ2v) is 5.64. The van der Waals surface area contributed by atoms with Crippen LogP contribution in [0.5, 0.6) is 5.75 Å². The number of ether oxygens (including phenoxy) is 1. The molecule has 0 spiro atoms. The third-order valence-electron chi connectivity index (χ3n) is 4.23. The Balaban J connectivity index is 2.03. The Morgan fingerprint density at radius 2 is 2.14 bits per heavy atom. The molecule has 0 saturated carbocycles. The summed E-state index contributed by atoms with van der Waals surface area (Å²) >= 11 is 0. The number of amides is 1. The lowest BCUT2D eigenvalue weighted by atomic mass is 9.99. The molecule has 2 aromatic rings. The van der Waals surface area contributed by atoms with E-state index in [1.54, 1.807) is 7.11 Å². The summed E-state index contributed by atoms with van der Waals surface area (Å²) in [5, 5.41) is 0. The summed E-state index contributed by atoms with van der Waals surface area (Å²) in [7, 11) is 1.67. The monoisotopic (exact) mass is 298 g/mol. The molecule has 0 fully saturated rings. The molecule has 1 aromatic heterocycles. The first kappa shape index (κ1) is 14.7. The summed E-state index contributed by atoms with van der Waals surface area (Å²) in [6.45, 7) is 3.66. The van der Waals surface area contributed by atoms with Crippen LogP contribution < -0.4 is 4.74 Å². The predicted octanol–water partition coefficient (Wildman–Crippen LogP) is 3.23. The standard InChI is InChI=1S/C18H22N2O2/c1-3-6-17(21)20-12-11-19-10-5-9-16(19)18(20)14-7-4-8-15(13-14)22-2/h4-5,7-10,13,18H,3,6,11-12H2,1-2H3. The number of carbonyl (C=O) groups is 1. The van der Waals surface area contributed by atoms with E-state index in [0.29, 0.717) is 6.42 Å². The van der Waals surface area contributed by atoms with Gasteiger partial charge < -0.3 is 14.2 Å². The first-order valence-electron chi connectivity index (χ1n) is 7.83. The molecule has 22 heavy (non-hydrogen) atoms. The highest BCUT2D eigenvalue weighted by Crippen LogP contribution is 2.34. The second-order valence-electron chi connectivity index (χ2n) is 5.64. The van der Waals surface area contributed by atoms with Gasteiger partial charge in [0.25, 0.3) is 0 Å². The van der Waals surface area contributed by atoms with E-state index in [4.69, 9.17) is 4.74 Å². The highest BCUT2D eigenvalue weighted by molar-refractivity contribution is 5.77. The molecule has 1 atom stereocenters. The lowest BCUT2D eigenvalue weighted by molar-refractivity contribution is -0.133. The number of methoxy groups -OCH3 is 1. The average Bonchev–Trinajstić information content (AvgIpc) is 3.02. The van der Waals surface area contributed by atoms with E-state index in [-0.39, 0.29) is 11.9 Å². The molecule has 4 heteroatoms. The Morgan fingerprint density at radius 3 is 2.91 bits per heavy atom. The van der Waals surface area contributed by atoms with E-state index < -0.39 is 0 Å². The lowest BCUT2D eigenvalue weighted by Crippen LogP contribution is -2.42. The van der Waals surface area contributed by atoms with Crippen molar-refractivity contribution in [2.75, 3.05) is 13.7 Å². The third kappa shape index (κ3) is 2.61. The molecule has 3 rings (SSSR count). The molecule has 2 heterocycles. The Morgan fingerprint density at radius 1 is 1.27 bits per heavy atom. The van der Waals surface area contributed by atoms with Gasteiger partial charge in [0.1, 0.15) is 5.75 Å². The summed E-state index contributed by atoms with van der Waals surface area (Å²) in [6.07, 6.45) is 3.56. The van der Waals surface area contributed by atoms with Crippen LogP contribution in [0.15, 0.2) is 42.6 Å². The highest BCUT2D eigenvalue weighted by Gasteiger charge is 2.31. The van der Waals surface area contributed by atoms with Crippen molar-refractivity contribution in [1.82, 2.24) is 9.47 Å². The van der Waals surface area contributed by atoms with Crippen LogP contribution in [-0.2, 0) is 11.3 Å². The van der Waals surface area contributed by atoms with Crippen LogP contribution in [0.2, 0.25) is 0 Å². The maximum atomic E-state index is 12.6. The number of aromatic nitrogens is 1. The van der Waals surface area contributed by atoms with Gasteiger partial charge in [0.05, 0.1) is 13.2 Å². The Labute approximate surface area is 131 Å². The van der Waals surface area contributed by atoms with Crippen LogP contribution in [0, 0.1) is 0 Å². The maximum absolute atomic E-state index is 12.6. The van der Waals surface area contributed by atoms with Crippen LogP contribution in [0.4, 0.5) is 0 Å². The molecule has 116 valence electrons. The van der Waals surface area contributed by atoms with Crippen molar-refractivity contribution >= 4 is 5.91 Å². The van der Waals surface area contributed by atoms with Crippen molar-refractivity contribution in [3.05, 3.63) is 53.9 Å². The summed E-state index contributed by atoms with van der Waals surface area (Å²) < 4.78 is 7.58. The molecule has 0 aliphatic carbocycles. The Bertz CT molecular complexity index is 663. The Hall–Kier alpha value is -2.23. The number of hydrogen-bond donors (Lipinski definition) is 0. The minimum Gasteiger partial charge on any atom is -0.497 e. The van der Waals surface area contributed by atoms with E-state index in [9.17, 15) is 4.79 Å². The van der Waals surface area contributed by atoms with E-state index in [1.165, 1.54) is 5.69 Å². The molecule has 0 saturated heterocycles. The molecule has 1 aliphatic heterocycles. The van der Waals surface area contributed by atoms with Crippen molar-refractivity contribution in [1.29, 1.82) is 0 Å². The molecule has 1 unspecified atom stereocenters. The van der Waals surface area contributed by atoms with Crippen molar-refractivity contribution in [2.45, 2.75) is 32.4 Å². The summed E-state index contributed by atoms with van der Waals surface area (Å²) in [5.41, 5.74) is 2.27. The van der Waals surface area contributed by atoms with Crippen molar-refractivity contribution in [2.24, 2.45) is 0 Å². The zero-order chi connectivity index (χ0) is 15.5. The fourth-order valence-corrected chi connectivity index (χ4v) is 3.17. The van der Waals surface area contributed by atoms with E-state index in [2.05, 4.69) is 29.0 Å². The number of nitrogens with zero attached hydrogens (tertiary/aromatic N) is 2. The third-order valence-corrected chi connectivity index (χ3v) is 4.23. The van der Waals surface area contributed by atoms with E-state index >= 15 is 0 Å². The minimum atomic E-state index is -0.0297. The van der Waals surface area contributed by atoms with Gasteiger partial charge in [0, 0.05) is 31.4 Å². The van der Waals surface area contributed by atoms with Gasteiger partial charge in [0.15, 0.2) is 0 Å². The average molecular weight is 298 g/mol. The Kier molecular flexibility index (Phi) is 4.18. The normalized spacial score (nSPS) is 17.2. The van der Waals surface area contributed by atoms with Crippen LogP contribution in [0.3, 0.4) is 0 Å². The van der Waals surface area contributed by atoms with Crippen LogP contribution in [-0.4, -0.2) is 29.0 Å². The molecule has 0 radical (unpaired) electrons. The largest absolute Gasteiger partial charge is 0.497 e. The van der Waals surface area contributed by atoms with Gasteiger partial charge >= 0.3 is 0 Å². The van der Waals surface area contributed by atoms with Crippen molar-refractivity contribution in [3.8, 4) is 5.75 Å². The molecule has 1 amide bonds. The minimum absolute atomic E-state index is 0.0297. The number of carbonyl (C=O) groups excluding carboxylic acids is 1. The van der Waals surface area contributed by atoms with Crippen molar-refractivity contribution < 1.29 is 9.53 Å². The molecule has 0 bridgehead atoms. The van der Waals surface area contributed by atoms with Gasteiger partial charge in [-0.25, -0.2) is 0 Å². The maximum Gasteiger partial charge on any atom is 0.223 e. The number of benzene rings is 1. The molecule has 0 N–H and O–H groups in total. The SMILES string of the molecule is CCCC(=O)N1CCn2cccc2C1c1cccc(OC)c1. The zero-order valence-corrected chi connectivity index (χ0v) is 13.2. The van der Waals surface area contributed by atoms with Gasteiger partial charge in [0.2, 0.25) is 5.91 Å². The smallest absolute Gasteiger partial charge is 0.223 e. The van der Waals surface area contributed by atoms with Crippen LogP contribution in [0.1, 0.15) is 37.1 Å². The van der Waals surface area contributed by atoms with Gasteiger partial charge in [-0.15, -0.1) is 0 Å². The molecule has 1 aromatic carbocycles. The van der Waals surface area contributed by atoms with Crippen LogP contribution >= 0.6 is 0 Å². The number of rotatable bonds is 4. The quantitative estimate of drug-likeness (QED) is 0.868. The van der Waals surface area contributed by atoms with Crippen LogP contribution in [0.25, 0.3) is 0 Å². The summed E-state index contributed by atoms with van der Waals surface area (Å²) in [4.78, 5) is 14.6. The zero-order valence-electron chi connectivity index (χ0n) is 13.2. The van der Waals surface area contributed by atoms with E-state index in [0.717, 1.165) is 30.8 Å². The van der Waals surface area contributed by atoms with Gasteiger partial charge in [-0.2, -0.15) is 0 Å².